The lowest BCUT2D eigenvalue weighted by Gasteiger charge is -2.19. The Kier molecular flexibility index (Phi) is 4.30. The summed E-state index contributed by atoms with van der Waals surface area (Å²) in [6.07, 6.45) is 0.737. The van der Waals surface area contributed by atoms with Gasteiger partial charge in [-0.3, -0.25) is 11.3 Å². The summed E-state index contributed by atoms with van der Waals surface area (Å²) in [5.41, 5.74) is 7.59. The number of benzene rings is 2. The van der Waals surface area contributed by atoms with Crippen LogP contribution in [-0.4, -0.2) is 0 Å². The van der Waals surface area contributed by atoms with E-state index in [2.05, 4.69) is 31.4 Å². The zero-order chi connectivity index (χ0) is 13.8. The predicted octanol–water partition coefficient (Wildman–Crippen LogP) is 3.19. The molecule has 2 rings (SSSR count). The van der Waals surface area contributed by atoms with E-state index in [9.17, 15) is 4.39 Å². The third kappa shape index (κ3) is 3.19. The second kappa shape index (κ2) is 5.95. The SMILES string of the molecule is Cc1cccc(C(Cc2ccc(F)cc2)NN)c1C. The lowest BCUT2D eigenvalue weighted by molar-refractivity contribution is 0.548. The van der Waals surface area contributed by atoms with Gasteiger partial charge < -0.3 is 0 Å². The van der Waals surface area contributed by atoms with E-state index in [0.29, 0.717) is 0 Å². The maximum absolute atomic E-state index is 12.9. The van der Waals surface area contributed by atoms with Crippen LogP contribution in [0.3, 0.4) is 0 Å². The number of nitrogens with two attached hydrogens (primary N) is 1. The van der Waals surface area contributed by atoms with Crippen LogP contribution in [0.25, 0.3) is 0 Å². The average Bonchev–Trinajstić information content (AvgIpc) is 2.42. The summed E-state index contributed by atoms with van der Waals surface area (Å²) < 4.78 is 12.9. The van der Waals surface area contributed by atoms with E-state index in [1.807, 2.05) is 6.07 Å². The second-order valence-corrected chi connectivity index (χ2v) is 4.84. The first kappa shape index (κ1) is 13.7. The summed E-state index contributed by atoms with van der Waals surface area (Å²) in [5, 5.41) is 0. The van der Waals surface area contributed by atoms with Gasteiger partial charge in [0.2, 0.25) is 0 Å². The molecule has 1 unspecified atom stereocenters. The zero-order valence-corrected chi connectivity index (χ0v) is 11.3. The standard InChI is InChI=1S/C16H19FN2/c1-11-4-3-5-15(12(11)2)16(19-18)10-13-6-8-14(17)9-7-13/h3-9,16,19H,10,18H2,1-2H3. The molecule has 0 saturated carbocycles. The van der Waals surface area contributed by atoms with E-state index in [0.717, 1.165) is 12.0 Å². The number of nitrogens with one attached hydrogen (secondary N) is 1. The highest BCUT2D eigenvalue weighted by atomic mass is 19.1. The fourth-order valence-corrected chi connectivity index (χ4v) is 2.27. The molecule has 2 aromatic carbocycles. The Hall–Kier alpha value is -1.71. The van der Waals surface area contributed by atoms with Crippen molar-refractivity contribution in [3.8, 4) is 0 Å². The van der Waals surface area contributed by atoms with E-state index in [1.165, 1.54) is 28.8 Å². The minimum absolute atomic E-state index is 0.0327. The molecular weight excluding hydrogens is 239 g/mol. The molecule has 0 aromatic heterocycles. The van der Waals surface area contributed by atoms with Crippen molar-refractivity contribution >= 4 is 0 Å². The molecule has 3 heteroatoms. The molecule has 0 aliphatic rings. The van der Waals surface area contributed by atoms with Gasteiger partial charge in [0.15, 0.2) is 0 Å². The fourth-order valence-electron chi connectivity index (χ4n) is 2.27. The van der Waals surface area contributed by atoms with Crippen LogP contribution in [0, 0.1) is 19.7 Å². The van der Waals surface area contributed by atoms with Gasteiger partial charge in [0, 0.05) is 0 Å². The molecule has 2 aromatic rings. The smallest absolute Gasteiger partial charge is 0.123 e. The summed E-state index contributed by atoms with van der Waals surface area (Å²) in [7, 11) is 0. The monoisotopic (exact) mass is 258 g/mol. The van der Waals surface area contributed by atoms with Crippen LogP contribution >= 0.6 is 0 Å². The molecule has 19 heavy (non-hydrogen) atoms. The van der Waals surface area contributed by atoms with Crippen molar-refractivity contribution in [2.24, 2.45) is 5.84 Å². The highest BCUT2D eigenvalue weighted by Gasteiger charge is 2.13. The van der Waals surface area contributed by atoms with Crippen molar-refractivity contribution in [1.82, 2.24) is 5.43 Å². The molecule has 2 nitrogen and oxygen atoms in total. The lowest BCUT2D eigenvalue weighted by Crippen LogP contribution is -2.30. The highest BCUT2D eigenvalue weighted by Crippen LogP contribution is 2.23. The normalized spacial score (nSPS) is 12.4. The summed E-state index contributed by atoms with van der Waals surface area (Å²) in [6, 6.07) is 12.8. The number of hydrazine groups is 1. The Balaban J connectivity index is 2.25. The Morgan fingerprint density at radius 3 is 2.42 bits per heavy atom. The van der Waals surface area contributed by atoms with Crippen LogP contribution in [0.15, 0.2) is 42.5 Å². The van der Waals surface area contributed by atoms with Crippen molar-refractivity contribution in [2.45, 2.75) is 26.3 Å². The minimum atomic E-state index is -0.215. The number of halogens is 1. The number of rotatable bonds is 4. The molecular formula is C16H19FN2. The van der Waals surface area contributed by atoms with Gasteiger partial charge in [-0.25, -0.2) is 4.39 Å². The van der Waals surface area contributed by atoms with Gasteiger partial charge in [0.25, 0.3) is 0 Å². The molecule has 0 amide bonds. The largest absolute Gasteiger partial charge is 0.271 e. The van der Waals surface area contributed by atoms with Crippen molar-refractivity contribution in [2.75, 3.05) is 0 Å². The molecule has 0 spiro atoms. The van der Waals surface area contributed by atoms with E-state index in [4.69, 9.17) is 5.84 Å². The maximum Gasteiger partial charge on any atom is 0.123 e. The zero-order valence-electron chi connectivity index (χ0n) is 11.3. The third-order valence-corrected chi connectivity index (χ3v) is 3.58. The Labute approximate surface area is 113 Å². The van der Waals surface area contributed by atoms with Crippen molar-refractivity contribution in [3.63, 3.8) is 0 Å². The van der Waals surface area contributed by atoms with Crippen LogP contribution in [0.1, 0.15) is 28.3 Å². The van der Waals surface area contributed by atoms with Crippen LogP contribution in [0.5, 0.6) is 0 Å². The van der Waals surface area contributed by atoms with E-state index in [-0.39, 0.29) is 11.9 Å². The van der Waals surface area contributed by atoms with Crippen LogP contribution in [0.2, 0.25) is 0 Å². The topological polar surface area (TPSA) is 38.0 Å². The van der Waals surface area contributed by atoms with Crippen molar-refractivity contribution < 1.29 is 4.39 Å². The van der Waals surface area contributed by atoms with E-state index < -0.39 is 0 Å². The Morgan fingerprint density at radius 1 is 1.11 bits per heavy atom. The first-order valence-electron chi connectivity index (χ1n) is 6.38. The minimum Gasteiger partial charge on any atom is -0.271 e. The highest BCUT2D eigenvalue weighted by molar-refractivity contribution is 5.36. The van der Waals surface area contributed by atoms with Gasteiger partial charge in [-0.2, -0.15) is 0 Å². The first-order valence-corrected chi connectivity index (χ1v) is 6.38. The molecule has 0 bridgehead atoms. The number of hydrogen-bond acceptors (Lipinski definition) is 2. The van der Waals surface area contributed by atoms with Crippen molar-refractivity contribution in [3.05, 3.63) is 70.5 Å². The van der Waals surface area contributed by atoms with Gasteiger partial charge in [0.1, 0.15) is 5.82 Å². The molecule has 0 radical (unpaired) electrons. The number of hydrogen-bond donors (Lipinski definition) is 2. The van der Waals surface area contributed by atoms with Gasteiger partial charge >= 0.3 is 0 Å². The van der Waals surface area contributed by atoms with Crippen LogP contribution in [-0.2, 0) is 6.42 Å². The summed E-state index contributed by atoms with van der Waals surface area (Å²) in [6.45, 7) is 4.18. The van der Waals surface area contributed by atoms with Crippen LogP contribution in [0.4, 0.5) is 4.39 Å². The van der Waals surface area contributed by atoms with Gasteiger partial charge in [0.05, 0.1) is 6.04 Å². The fraction of sp³-hybridized carbons (Fsp3) is 0.250. The number of aryl methyl sites for hydroxylation is 1. The van der Waals surface area contributed by atoms with Crippen LogP contribution < -0.4 is 11.3 Å². The summed E-state index contributed by atoms with van der Waals surface area (Å²) in [4.78, 5) is 0. The van der Waals surface area contributed by atoms with Crippen molar-refractivity contribution in [1.29, 1.82) is 0 Å². The molecule has 100 valence electrons. The van der Waals surface area contributed by atoms with Gasteiger partial charge in [-0.1, -0.05) is 30.3 Å². The van der Waals surface area contributed by atoms with E-state index >= 15 is 0 Å². The second-order valence-electron chi connectivity index (χ2n) is 4.84. The Bertz CT molecular complexity index is 549. The lowest BCUT2D eigenvalue weighted by atomic mass is 9.93. The molecule has 0 aliphatic carbocycles. The first-order chi connectivity index (χ1) is 9.11. The Morgan fingerprint density at radius 2 is 1.79 bits per heavy atom. The summed E-state index contributed by atoms with van der Waals surface area (Å²) >= 11 is 0. The van der Waals surface area contributed by atoms with Gasteiger partial charge in [-0.05, 0) is 54.7 Å². The molecule has 0 saturated heterocycles. The average molecular weight is 258 g/mol. The predicted molar refractivity (Wildman–Crippen MR) is 76.1 cm³/mol. The maximum atomic E-state index is 12.9. The third-order valence-electron chi connectivity index (χ3n) is 3.58. The molecule has 0 fully saturated rings. The molecule has 0 aliphatic heterocycles. The quantitative estimate of drug-likeness (QED) is 0.653. The molecule has 3 N–H and O–H groups in total. The molecule has 0 heterocycles. The summed E-state index contributed by atoms with van der Waals surface area (Å²) in [5.74, 6) is 5.46. The van der Waals surface area contributed by atoms with Gasteiger partial charge in [-0.15, -0.1) is 0 Å². The van der Waals surface area contributed by atoms with E-state index in [1.54, 1.807) is 12.1 Å². The molecule has 1 atom stereocenters.